The molecule has 0 N–H and O–H groups in total. The van der Waals surface area contributed by atoms with Crippen LogP contribution in [0.1, 0.15) is 17.0 Å². The predicted octanol–water partition coefficient (Wildman–Crippen LogP) is 1.59. The molecule has 0 radical (unpaired) electrons. The predicted molar refractivity (Wildman–Crippen MR) is 53.4 cm³/mol. The number of hydrogen-bond acceptors (Lipinski definition) is 3. The first-order chi connectivity index (χ1) is 6.70. The van der Waals surface area contributed by atoms with Gasteiger partial charge in [0.2, 0.25) is 0 Å². The highest BCUT2D eigenvalue weighted by atomic mass is 15.3. The molecule has 4 heteroatoms. The molecule has 14 heavy (non-hydrogen) atoms. The van der Waals surface area contributed by atoms with Crippen molar-refractivity contribution < 1.29 is 0 Å². The highest BCUT2D eigenvalue weighted by Gasteiger charge is 2.08. The molecule has 0 unspecified atom stereocenters. The van der Waals surface area contributed by atoms with Gasteiger partial charge in [-0.2, -0.15) is 5.10 Å². The summed E-state index contributed by atoms with van der Waals surface area (Å²) in [6, 6.07) is 0. The van der Waals surface area contributed by atoms with Crippen molar-refractivity contribution in [3.05, 3.63) is 35.5 Å². The molecule has 0 bridgehead atoms. The first-order valence-corrected chi connectivity index (χ1v) is 4.49. The minimum Gasteiger partial charge on any atom is -0.259 e. The van der Waals surface area contributed by atoms with E-state index in [1.54, 1.807) is 18.6 Å². The Hall–Kier alpha value is -1.71. The van der Waals surface area contributed by atoms with Crippen LogP contribution in [0.3, 0.4) is 0 Å². The molecule has 0 saturated carbocycles. The van der Waals surface area contributed by atoms with Gasteiger partial charge in [0.05, 0.1) is 11.9 Å². The molecule has 72 valence electrons. The van der Waals surface area contributed by atoms with E-state index in [4.69, 9.17) is 0 Å². The van der Waals surface area contributed by atoms with Gasteiger partial charge in [-0.05, 0) is 26.3 Å². The molecule has 2 aromatic rings. The normalized spacial score (nSPS) is 10.5. The monoisotopic (exact) mass is 188 g/mol. The standard InChI is InChI=1S/C10H12N4/c1-7-8(2)13-14(9(7)3)10-6-11-4-5-12-10/h4-6H,1-3H3. The Morgan fingerprint density at radius 1 is 1.14 bits per heavy atom. The van der Waals surface area contributed by atoms with Gasteiger partial charge in [0, 0.05) is 18.1 Å². The van der Waals surface area contributed by atoms with E-state index in [1.807, 2.05) is 18.5 Å². The van der Waals surface area contributed by atoms with E-state index < -0.39 is 0 Å². The lowest BCUT2D eigenvalue weighted by atomic mass is 10.2. The molecule has 0 aromatic carbocycles. The lowest BCUT2D eigenvalue weighted by molar-refractivity contribution is 0.798. The minimum absolute atomic E-state index is 0.765. The summed E-state index contributed by atoms with van der Waals surface area (Å²) in [7, 11) is 0. The van der Waals surface area contributed by atoms with Crippen molar-refractivity contribution in [1.82, 2.24) is 19.7 Å². The van der Waals surface area contributed by atoms with Crippen molar-refractivity contribution in [1.29, 1.82) is 0 Å². The molecule has 2 heterocycles. The van der Waals surface area contributed by atoms with Gasteiger partial charge in [0.15, 0.2) is 5.82 Å². The summed E-state index contributed by atoms with van der Waals surface area (Å²) in [5.74, 6) is 0.765. The molecule has 0 aliphatic carbocycles. The third-order valence-corrected chi connectivity index (χ3v) is 2.42. The van der Waals surface area contributed by atoms with Gasteiger partial charge >= 0.3 is 0 Å². The Kier molecular flexibility index (Phi) is 2.04. The highest BCUT2D eigenvalue weighted by molar-refractivity contribution is 5.29. The summed E-state index contributed by atoms with van der Waals surface area (Å²) < 4.78 is 1.82. The van der Waals surface area contributed by atoms with Gasteiger partial charge in [-0.15, -0.1) is 0 Å². The number of aromatic nitrogens is 4. The quantitative estimate of drug-likeness (QED) is 0.682. The molecule has 4 nitrogen and oxygen atoms in total. The van der Waals surface area contributed by atoms with Crippen molar-refractivity contribution >= 4 is 0 Å². The van der Waals surface area contributed by atoms with Crippen LogP contribution in [0.4, 0.5) is 0 Å². The van der Waals surface area contributed by atoms with E-state index in [-0.39, 0.29) is 0 Å². The van der Waals surface area contributed by atoms with Crippen LogP contribution in [0, 0.1) is 20.8 Å². The van der Waals surface area contributed by atoms with E-state index in [2.05, 4.69) is 22.0 Å². The summed E-state index contributed by atoms with van der Waals surface area (Å²) in [6.45, 7) is 6.09. The zero-order valence-electron chi connectivity index (χ0n) is 8.52. The van der Waals surface area contributed by atoms with Gasteiger partial charge in [0.1, 0.15) is 0 Å². The first kappa shape index (κ1) is 8.87. The second-order valence-electron chi connectivity index (χ2n) is 3.27. The third kappa shape index (κ3) is 1.28. The summed E-state index contributed by atoms with van der Waals surface area (Å²) >= 11 is 0. The van der Waals surface area contributed by atoms with Crippen LogP contribution in [0.2, 0.25) is 0 Å². The molecular formula is C10H12N4. The van der Waals surface area contributed by atoms with E-state index in [0.717, 1.165) is 17.2 Å². The zero-order chi connectivity index (χ0) is 10.1. The minimum atomic E-state index is 0.765. The second kappa shape index (κ2) is 3.21. The first-order valence-electron chi connectivity index (χ1n) is 4.49. The van der Waals surface area contributed by atoms with Gasteiger partial charge in [-0.25, -0.2) is 9.67 Å². The topological polar surface area (TPSA) is 43.6 Å². The van der Waals surface area contributed by atoms with E-state index >= 15 is 0 Å². The molecule has 0 fully saturated rings. The van der Waals surface area contributed by atoms with Crippen LogP contribution in [0.5, 0.6) is 0 Å². The molecule has 0 saturated heterocycles. The molecule has 0 amide bonds. The summed E-state index contributed by atoms with van der Waals surface area (Å²) in [5.41, 5.74) is 3.35. The number of hydrogen-bond donors (Lipinski definition) is 0. The van der Waals surface area contributed by atoms with Gasteiger partial charge in [-0.3, -0.25) is 4.98 Å². The van der Waals surface area contributed by atoms with Crippen LogP contribution in [0.15, 0.2) is 18.6 Å². The maximum atomic E-state index is 4.39. The zero-order valence-corrected chi connectivity index (χ0v) is 8.52. The van der Waals surface area contributed by atoms with Crippen molar-refractivity contribution in [2.45, 2.75) is 20.8 Å². The van der Waals surface area contributed by atoms with Crippen molar-refractivity contribution in [3.63, 3.8) is 0 Å². The van der Waals surface area contributed by atoms with Crippen LogP contribution in [0.25, 0.3) is 5.82 Å². The molecular weight excluding hydrogens is 176 g/mol. The summed E-state index contributed by atoms with van der Waals surface area (Å²) in [6.07, 6.45) is 5.03. The molecule has 2 aromatic heterocycles. The van der Waals surface area contributed by atoms with Crippen molar-refractivity contribution in [3.8, 4) is 5.82 Å². The number of aryl methyl sites for hydroxylation is 1. The highest BCUT2D eigenvalue weighted by Crippen LogP contribution is 2.13. The lowest BCUT2D eigenvalue weighted by Crippen LogP contribution is -2.01. The molecule has 2 rings (SSSR count). The van der Waals surface area contributed by atoms with E-state index in [1.165, 1.54) is 5.56 Å². The van der Waals surface area contributed by atoms with Gasteiger partial charge < -0.3 is 0 Å². The molecule has 0 aliphatic rings. The second-order valence-corrected chi connectivity index (χ2v) is 3.27. The summed E-state index contributed by atoms with van der Waals surface area (Å²) in [5, 5.41) is 4.39. The summed E-state index contributed by atoms with van der Waals surface area (Å²) in [4.78, 5) is 8.22. The fraction of sp³-hybridized carbons (Fsp3) is 0.300. The van der Waals surface area contributed by atoms with Gasteiger partial charge in [0.25, 0.3) is 0 Å². The average Bonchev–Trinajstić information content (AvgIpc) is 2.47. The smallest absolute Gasteiger partial charge is 0.172 e. The van der Waals surface area contributed by atoms with E-state index in [9.17, 15) is 0 Å². The maximum Gasteiger partial charge on any atom is 0.172 e. The Morgan fingerprint density at radius 2 is 1.93 bits per heavy atom. The number of rotatable bonds is 1. The molecule has 0 aliphatic heterocycles. The molecule has 0 spiro atoms. The number of nitrogens with zero attached hydrogens (tertiary/aromatic N) is 4. The Balaban J connectivity index is 2.58. The Labute approximate surface area is 82.6 Å². The van der Waals surface area contributed by atoms with Crippen LogP contribution in [-0.4, -0.2) is 19.7 Å². The third-order valence-electron chi connectivity index (χ3n) is 2.42. The van der Waals surface area contributed by atoms with E-state index in [0.29, 0.717) is 0 Å². The SMILES string of the molecule is Cc1nn(-c2cnccn2)c(C)c1C. The fourth-order valence-corrected chi connectivity index (χ4v) is 1.34. The average molecular weight is 188 g/mol. The van der Waals surface area contributed by atoms with Gasteiger partial charge in [-0.1, -0.05) is 0 Å². The molecule has 0 atom stereocenters. The fourth-order valence-electron chi connectivity index (χ4n) is 1.34. The lowest BCUT2D eigenvalue weighted by Gasteiger charge is -2.01. The maximum absolute atomic E-state index is 4.39. The largest absolute Gasteiger partial charge is 0.259 e. The Bertz CT molecular complexity index is 445. The van der Waals surface area contributed by atoms with Crippen LogP contribution >= 0.6 is 0 Å². The van der Waals surface area contributed by atoms with Crippen LogP contribution < -0.4 is 0 Å². The van der Waals surface area contributed by atoms with Crippen molar-refractivity contribution in [2.24, 2.45) is 0 Å². The van der Waals surface area contributed by atoms with Crippen LogP contribution in [-0.2, 0) is 0 Å². The van der Waals surface area contributed by atoms with Crippen molar-refractivity contribution in [2.75, 3.05) is 0 Å². The Morgan fingerprint density at radius 3 is 2.43 bits per heavy atom.